The molecule has 0 unspecified atom stereocenters. The number of imidazole rings is 1. The minimum atomic E-state index is -5.02. The monoisotopic (exact) mass is 749 g/mol. The zero-order valence-electron chi connectivity index (χ0n) is 24.5. The first kappa shape index (κ1) is 41.6. The zero-order chi connectivity index (χ0) is 32.9. The van der Waals surface area contributed by atoms with Crippen molar-refractivity contribution in [3.05, 3.63) is 59.1 Å². The maximum absolute atomic E-state index is 13.2. The van der Waals surface area contributed by atoms with Crippen LogP contribution in [0.3, 0.4) is 0 Å². The highest BCUT2D eigenvalue weighted by molar-refractivity contribution is 7.80. The highest BCUT2D eigenvalue weighted by atomic mass is 32.3. The van der Waals surface area contributed by atoms with E-state index in [0.29, 0.717) is 16.5 Å². The average Bonchev–Trinajstić information content (AvgIpc) is 3.66. The number of thiazole rings is 1. The lowest BCUT2D eigenvalue weighted by Crippen LogP contribution is -2.76. The van der Waals surface area contributed by atoms with Crippen molar-refractivity contribution in [3.8, 4) is 5.75 Å². The number of amidine groups is 1. The van der Waals surface area contributed by atoms with Crippen LogP contribution in [-0.2, 0) is 40.4 Å². The SMILES string of the molecule is C.CC1(C)[C@H](NC(=O)/C(=N\O[C@@H](COc2ccc(C(N)=NCc3ncc[nH]3)cc2)C(=O)O)c2csc(N)n2)C(=O)N1OS(=O)(=O)O.S.S. The highest BCUT2D eigenvalue weighted by Crippen LogP contribution is 2.33. The Balaban J connectivity index is 0.00000384. The van der Waals surface area contributed by atoms with Crippen LogP contribution < -0.4 is 21.5 Å². The number of nitrogens with two attached hydrogens (primary N) is 2. The number of hydrogen-bond donors (Lipinski definition) is 6. The molecule has 19 nitrogen and oxygen atoms in total. The highest BCUT2D eigenvalue weighted by Gasteiger charge is 2.58. The number of rotatable bonds is 14. The standard InChI is InChI=1S/C24H27N9O10S2.CH4.2H2S/c1-24(2)18(21(35)33(24)43-45(38,39)40)31-20(34)17(14-11-44-23(26)30-14)32-42-15(22(36)37)10-41-13-5-3-12(4-6-13)19(25)29-9-16-27-7-8-28-16;;;/h3-8,11,15,18H,9-10H2,1-2H3,(H2,25,29)(H2,26,30)(H,27,28)(H,31,34)(H,36,37)(H,38,39,40);1H4;2*1H2/b32-17-;;;/t15-,18+;;;/m0.../s1. The Morgan fingerprint density at radius 3 is 2.44 bits per heavy atom. The number of anilines is 1. The number of aliphatic carboxylic acids is 1. The summed E-state index contributed by atoms with van der Waals surface area (Å²) in [7, 11) is -5.02. The number of aliphatic imine (C=N–C) groups is 1. The molecule has 8 N–H and O–H groups in total. The Labute approximate surface area is 292 Å². The van der Waals surface area contributed by atoms with Gasteiger partial charge in [0.05, 0.1) is 12.1 Å². The van der Waals surface area contributed by atoms with Gasteiger partial charge < -0.3 is 36.4 Å². The number of amides is 2. The molecule has 0 bridgehead atoms. The van der Waals surface area contributed by atoms with E-state index < -0.39 is 58.2 Å². The number of oxime groups is 1. The molecule has 0 spiro atoms. The molecule has 23 heteroatoms. The van der Waals surface area contributed by atoms with Crippen molar-refractivity contribution in [2.75, 3.05) is 12.3 Å². The van der Waals surface area contributed by atoms with Gasteiger partial charge in [0.2, 0.25) is 0 Å². The van der Waals surface area contributed by atoms with Gasteiger partial charge in [-0.25, -0.2) is 14.8 Å². The van der Waals surface area contributed by atoms with Crippen LogP contribution in [0.5, 0.6) is 5.75 Å². The van der Waals surface area contributed by atoms with Crippen LogP contribution in [0, 0.1) is 0 Å². The second kappa shape index (κ2) is 17.1. The third-order valence-electron chi connectivity index (χ3n) is 6.15. The van der Waals surface area contributed by atoms with Crippen molar-refractivity contribution in [2.45, 2.75) is 45.5 Å². The fraction of sp³-hybridized carbons (Fsp3) is 0.320. The van der Waals surface area contributed by atoms with E-state index in [1.807, 2.05) is 0 Å². The molecule has 1 aliphatic heterocycles. The van der Waals surface area contributed by atoms with Crippen molar-refractivity contribution < 1.29 is 46.3 Å². The number of hydrogen-bond acceptors (Lipinski definition) is 14. The van der Waals surface area contributed by atoms with Gasteiger partial charge in [-0.15, -0.1) is 15.6 Å². The first-order valence-corrected chi connectivity index (χ1v) is 14.9. The van der Waals surface area contributed by atoms with Crippen molar-refractivity contribution >= 4 is 83.2 Å². The number of aromatic nitrogens is 3. The Hall–Kier alpha value is -4.42. The molecule has 0 aliphatic carbocycles. The number of hydroxylamine groups is 2. The Kier molecular flexibility index (Phi) is 14.8. The minimum absolute atomic E-state index is 0. The number of ether oxygens (including phenoxy) is 1. The average molecular weight is 750 g/mol. The number of carboxylic acids is 1. The number of nitrogen functional groups attached to an aromatic ring is 1. The van der Waals surface area contributed by atoms with Crippen LogP contribution in [0.1, 0.15) is 38.4 Å². The number of benzene rings is 1. The van der Waals surface area contributed by atoms with Crippen molar-refractivity contribution in [2.24, 2.45) is 15.9 Å². The molecule has 3 heterocycles. The van der Waals surface area contributed by atoms with E-state index in [2.05, 4.69) is 34.7 Å². The van der Waals surface area contributed by atoms with E-state index in [9.17, 15) is 27.9 Å². The lowest BCUT2D eigenvalue weighted by atomic mass is 9.84. The molecule has 0 radical (unpaired) electrons. The smallest absolute Gasteiger partial charge is 0.418 e. The van der Waals surface area contributed by atoms with E-state index in [-0.39, 0.29) is 63.4 Å². The van der Waals surface area contributed by atoms with Crippen LogP contribution in [0.15, 0.2) is 52.2 Å². The summed E-state index contributed by atoms with van der Waals surface area (Å²) in [4.78, 5) is 57.8. The summed E-state index contributed by atoms with van der Waals surface area (Å²) in [5, 5.41) is 17.5. The maximum Gasteiger partial charge on any atom is 0.418 e. The van der Waals surface area contributed by atoms with E-state index >= 15 is 0 Å². The van der Waals surface area contributed by atoms with Gasteiger partial charge in [-0.2, -0.15) is 40.5 Å². The molecule has 264 valence electrons. The number of carbonyl (C=O) groups is 3. The molecule has 4 rings (SSSR count). The third kappa shape index (κ3) is 10.3. The predicted molar refractivity (Wildman–Crippen MR) is 184 cm³/mol. The van der Waals surface area contributed by atoms with Gasteiger partial charge in [-0.3, -0.25) is 19.1 Å². The molecule has 3 aromatic rings. The van der Waals surface area contributed by atoms with Gasteiger partial charge >= 0.3 is 16.4 Å². The van der Waals surface area contributed by atoms with Gasteiger partial charge in [0, 0.05) is 23.3 Å². The van der Waals surface area contributed by atoms with Crippen molar-refractivity contribution in [1.29, 1.82) is 0 Å². The maximum atomic E-state index is 13.2. The third-order valence-corrected chi connectivity index (χ3v) is 7.16. The second-order valence-corrected chi connectivity index (χ2v) is 11.6. The summed E-state index contributed by atoms with van der Waals surface area (Å²) in [6, 6.07) is 4.97. The lowest BCUT2D eigenvalue weighted by Gasteiger charge is -2.50. The molecule has 1 fully saturated rings. The van der Waals surface area contributed by atoms with E-state index in [4.69, 9.17) is 25.6 Å². The quantitative estimate of drug-likeness (QED) is 0.0425. The number of nitrogens with zero attached hydrogens (tertiary/aromatic N) is 5. The summed E-state index contributed by atoms with van der Waals surface area (Å²) in [6.45, 7) is 2.42. The van der Waals surface area contributed by atoms with Crippen LogP contribution in [-0.4, -0.2) is 91.7 Å². The van der Waals surface area contributed by atoms with E-state index in [0.717, 1.165) is 11.3 Å². The Morgan fingerprint density at radius 2 is 1.92 bits per heavy atom. The van der Waals surface area contributed by atoms with Gasteiger partial charge in [0.15, 0.2) is 10.8 Å². The molecule has 2 aromatic heterocycles. The predicted octanol–water partition coefficient (Wildman–Crippen LogP) is 0.309. The van der Waals surface area contributed by atoms with Crippen molar-refractivity contribution in [3.63, 3.8) is 0 Å². The first-order valence-electron chi connectivity index (χ1n) is 12.7. The molecular weight excluding hydrogens is 715 g/mol. The lowest BCUT2D eigenvalue weighted by molar-refractivity contribution is -0.218. The van der Waals surface area contributed by atoms with E-state index in [1.54, 1.807) is 24.5 Å². The summed E-state index contributed by atoms with van der Waals surface area (Å²) >= 11 is 0.947. The fourth-order valence-corrected chi connectivity index (χ4v) is 4.81. The topological polar surface area (TPSA) is 287 Å². The van der Waals surface area contributed by atoms with Gasteiger partial charge in [0.25, 0.3) is 17.9 Å². The summed E-state index contributed by atoms with van der Waals surface area (Å²) in [5.41, 5.74) is 10.2. The minimum Gasteiger partial charge on any atom is -0.489 e. The summed E-state index contributed by atoms with van der Waals surface area (Å²) < 4.78 is 40.8. The molecule has 1 saturated heterocycles. The summed E-state index contributed by atoms with van der Waals surface area (Å²) in [6.07, 6.45) is 1.55. The fourth-order valence-electron chi connectivity index (χ4n) is 3.81. The number of aromatic amines is 1. The Bertz CT molecular complexity index is 1730. The number of nitrogens with one attached hydrogen (secondary N) is 2. The summed E-state index contributed by atoms with van der Waals surface area (Å²) in [5.74, 6) is -2.36. The zero-order valence-corrected chi connectivity index (χ0v) is 28.1. The molecule has 1 aliphatic rings. The number of H-pyrrole nitrogens is 1. The van der Waals surface area contributed by atoms with Crippen molar-refractivity contribution in [1.82, 2.24) is 25.3 Å². The van der Waals surface area contributed by atoms with Crippen LogP contribution in [0.4, 0.5) is 5.13 Å². The normalized spacial score (nSPS) is 16.3. The van der Waals surface area contributed by atoms with E-state index in [1.165, 1.54) is 31.4 Å². The molecular formula is C25H35N9O10S4. The van der Waals surface area contributed by atoms with Gasteiger partial charge in [-0.05, 0) is 38.1 Å². The molecule has 1 aromatic carbocycles. The number of carboxylic acid groups (broad SMARTS) is 1. The molecule has 2 amide bonds. The van der Waals surface area contributed by atoms with Gasteiger partial charge in [-0.1, -0.05) is 12.6 Å². The number of carbonyl (C=O) groups excluding carboxylic acids is 2. The largest absolute Gasteiger partial charge is 0.489 e. The second-order valence-electron chi connectivity index (χ2n) is 9.71. The molecule has 2 atom stereocenters. The van der Waals surface area contributed by atoms with Gasteiger partial charge in [0.1, 0.15) is 35.8 Å². The molecule has 48 heavy (non-hydrogen) atoms. The van der Waals surface area contributed by atoms with Crippen LogP contribution in [0.25, 0.3) is 0 Å². The van der Waals surface area contributed by atoms with Crippen LogP contribution >= 0.6 is 38.3 Å². The molecule has 0 saturated carbocycles. The first-order chi connectivity index (χ1) is 21.2. The van der Waals surface area contributed by atoms with Crippen LogP contribution in [0.2, 0.25) is 0 Å². The Morgan fingerprint density at radius 1 is 1.25 bits per heavy atom. The number of β-lactam (4-membered cyclic amide) rings is 1.